The Balaban J connectivity index is 1.82. The van der Waals surface area contributed by atoms with Crippen molar-refractivity contribution < 1.29 is 23.0 Å². The van der Waals surface area contributed by atoms with Crippen LogP contribution in [0.3, 0.4) is 0 Å². The molecule has 1 aliphatic heterocycles. The topological polar surface area (TPSA) is 94.1 Å². The smallest absolute Gasteiger partial charge is 0.217 e. The van der Waals surface area contributed by atoms with Crippen LogP contribution >= 0.6 is 10.8 Å². The summed E-state index contributed by atoms with van der Waals surface area (Å²) in [5.41, 5.74) is 1.44. The van der Waals surface area contributed by atoms with Gasteiger partial charge in [-0.05, 0) is 29.8 Å². The molecule has 1 aliphatic rings. The number of anilines is 1. The minimum Gasteiger partial charge on any atom is -0.457 e. The number of nitrogens with zero attached hydrogens (tertiary/aromatic N) is 1. The number of nitrogens with one attached hydrogen (secondary N) is 2. The molecule has 27 heavy (non-hydrogen) atoms. The maximum Gasteiger partial charge on any atom is 0.217 e. The zero-order valence-corrected chi connectivity index (χ0v) is 15.6. The first kappa shape index (κ1) is 19.4. The lowest BCUT2D eigenvalue weighted by atomic mass is 10.2. The standard InChI is InChI=1S/C18H22FN3O4S/c1-13(23)20-11-14-3-2-4-15(9-14)26-16-5-6-17-18(10-16)27(24,25)21-12-22(17)8-7-19/h2-6,9-10,21,24-25H,7-8,11-12H2,1H3,(H,20,23). The molecular weight excluding hydrogens is 373 g/mol. The van der Waals surface area contributed by atoms with Crippen molar-refractivity contribution in [2.75, 3.05) is 24.8 Å². The van der Waals surface area contributed by atoms with E-state index in [-0.39, 0.29) is 24.0 Å². The van der Waals surface area contributed by atoms with E-state index in [0.29, 0.717) is 23.7 Å². The molecule has 0 atom stereocenters. The normalized spacial score (nSPS) is 16.4. The Labute approximate surface area is 158 Å². The van der Waals surface area contributed by atoms with E-state index >= 15 is 0 Å². The molecule has 0 aromatic heterocycles. The van der Waals surface area contributed by atoms with E-state index in [0.717, 1.165) is 5.56 Å². The molecule has 0 aliphatic carbocycles. The summed E-state index contributed by atoms with van der Waals surface area (Å²) in [6.45, 7) is 1.61. The van der Waals surface area contributed by atoms with Crippen LogP contribution in [0.15, 0.2) is 47.4 Å². The molecule has 1 heterocycles. The lowest BCUT2D eigenvalue weighted by Crippen LogP contribution is -2.41. The van der Waals surface area contributed by atoms with E-state index in [1.807, 2.05) is 12.1 Å². The molecule has 7 nitrogen and oxygen atoms in total. The second kappa shape index (κ2) is 8.13. The Kier molecular flexibility index (Phi) is 5.85. The summed E-state index contributed by atoms with van der Waals surface area (Å²) >= 11 is 0. The SMILES string of the molecule is CC(=O)NCc1cccc(Oc2ccc3c(c2)S(O)(O)NCN3CCF)c1. The summed E-state index contributed by atoms with van der Waals surface area (Å²) in [6.07, 6.45) is 0. The summed E-state index contributed by atoms with van der Waals surface area (Å²) in [7, 11) is -3.18. The summed E-state index contributed by atoms with van der Waals surface area (Å²) in [4.78, 5) is 13.0. The van der Waals surface area contributed by atoms with Gasteiger partial charge in [-0.25, -0.2) is 4.39 Å². The molecule has 0 bridgehead atoms. The van der Waals surface area contributed by atoms with Gasteiger partial charge in [0.25, 0.3) is 0 Å². The van der Waals surface area contributed by atoms with Crippen LogP contribution in [0.1, 0.15) is 12.5 Å². The van der Waals surface area contributed by atoms with Crippen molar-refractivity contribution >= 4 is 22.4 Å². The number of benzene rings is 2. The van der Waals surface area contributed by atoms with Gasteiger partial charge >= 0.3 is 0 Å². The maximum absolute atomic E-state index is 12.7. The molecule has 0 unspecified atom stereocenters. The van der Waals surface area contributed by atoms with Crippen molar-refractivity contribution in [1.29, 1.82) is 0 Å². The second-order valence-corrected chi connectivity index (χ2v) is 7.92. The number of hydrogen-bond donors (Lipinski definition) is 4. The molecule has 0 spiro atoms. The van der Waals surface area contributed by atoms with Crippen molar-refractivity contribution in [3.8, 4) is 11.5 Å². The average molecular weight is 395 g/mol. The van der Waals surface area contributed by atoms with E-state index in [4.69, 9.17) is 4.74 Å². The zero-order chi connectivity index (χ0) is 19.4. The Hall–Kier alpha value is -2.33. The highest BCUT2D eigenvalue weighted by Crippen LogP contribution is 2.52. The number of halogens is 1. The molecule has 2 aromatic rings. The number of fused-ring (bicyclic) bond motifs is 1. The lowest BCUT2D eigenvalue weighted by Gasteiger charge is -2.43. The van der Waals surface area contributed by atoms with Crippen molar-refractivity contribution in [1.82, 2.24) is 10.0 Å². The van der Waals surface area contributed by atoms with Gasteiger partial charge in [0.1, 0.15) is 23.1 Å². The summed E-state index contributed by atoms with van der Waals surface area (Å²) in [6, 6.07) is 12.2. The largest absolute Gasteiger partial charge is 0.457 e. The third-order valence-electron chi connectivity index (χ3n) is 4.07. The number of amides is 1. The molecule has 9 heteroatoms. The fourth-order valence-electron chi connectivity index (χ4n) is 2.76. The summed E-state index contributed by atoms with van der Waals surface area (Å²) in [5, 5.41) is 2.72. The van der Waals surface area contributed by atoms with Crippen molar-refractivity contribution in [2.45, 2.75) is 18.4 Å². The van der Waals surface area contributed by atoms with E-state index in [1.165, 1.54) is 6.92 Å². The van der Waals surface area contributed by atoms with Gasteiger partial charge in [-0.3, -0.25) is 13.9 Å². The summed E-state index contributed by atoms with van der Waals surface area (Å²) in [5.74, 6) is 0.861. The van der Waals surface area contributed by atoms with Gasteiger partial charge in [0.15, 0.2) is 0 Å². The van der Waals surface area contributed by atoms with Gasteiger partial charge in [0, 0.05) is 26.1 Å². The first-order valence-corrected chi connectivity index (χ1v) is 9.93. The number of alkyl halides is 1. The molecule has 0 saturated heterocycles. The minimum absolute atomic E-state index is 0.119. The van der Waals surface area contributed by atoms with E-state index < -0.39 is 17.5 Å². The van der Waals surface area contributed by atoms with Crippen LogP contribution in [0, 0.1) is 0 Å². The van der Waals surface area contributed by atoms with Gasteiger partial charge < -0.3 is 15.0 Å². The van der Waals surface area contributed by atoms with E-state index in [9.17, 15) is 18.3 Å². The quantitative estimate of drug-likeness (QED) is 0.598. The second-order valence-electron chi connectivity index (χ2n) is 6.09. The highest BCUT2D eigenvalue weighted by Gasteiger charge is 2.28. The van der Waals surface area contributed by atoms with Gasteiger partial charge in [-0.2, -0.15) is 4.72 Å². The van der Waals surface area contributed by atoms with Gasteiger partial charge in [0.2, 0.25) is 5.91 Å². The molecule has 3 rings (SSSR count). The molecule has 0 radical (unpaired) electrons. The summed E-state index contributed by atoms with van der Waals surface area (Å²) < 4.78 is 41.8. The van der Waals surface area contributed by atoms with Crippen LogP contribution in [-0.2, 0) is 11.3 Å². The Morgan fingerprint density at radius 2 is 2.07 bits per heavy atom. The Morgan fingerprint density at radius 3 is 2.81 bits per heavy atom. The number of carbonyl (C=O) groups excluding carboxylic acids is 1. The monoisotopic (exact) mass is 395 g/mol. The molecular formula is C18H22FN3O4S. The Morgan fingerprint density at radius 1 is 1.30 bits per heavy atom. The molecule has 1 amide bonds. The molecule has 146 valence electrons. The molecule has 0 saturated carbocycles. The van der Waals surface area contributed by atoms with Crippen LogP contribution in [0.2, 0.25) is 0 Å². The minimum atomic E-state index is -3.18. The number of ether oxygens (including phenoxy) is 1. The average Bonchev–Trinajstić information content (AvgIpc) is 2.63. The third kappa shape index (κ3) is 4.69. The van der Waals surface area contributed by atoms with Crippen molar-refractivity contribution in [3.05, 3.63) is 48.0 Å². The Bertz CT molecular complexity index is 834. The van der Waals surface area contributed by atoms with Gasteiger partial charge in [-0.15, -0.1) is 10.8 Å². The van der Waals surface area contributed by atoms with Crippen molar-refractivity contribution in [3.63, 3.8) is 0 Å². The first-order valence-electron chi connectivity index (χ1n) is 8.38. The lowest BCUT2D eigenvalue weighted by molar-refractivity contribution is -0.119. The molecule has 0 fully saturated rings. The first-order chi connectivity index (χ1) is 12.9. The van der Waals surface area contributed by atoms with Crippen LogP contribution in [-0.4, -0.2) is 34.9 Å². The highest BCUT2D eigenvalue weighted by atomic mass is 32.3. The molecule has 4 N–H and O–H groups in total. The highest BCUT2D eigenvalue weighted by molar-refractivity contribution is 8.22. The predicted molar refractivity (Wildman–Crippen MR) is 103 cm³/mol. The fourth-order valence-corrected chi connectivity index (χ4v) is 4.02. The third-order valence-corrected chi connectivity index (χ3v) is 5.54. The van der Waals surface area contributed by atoms with Gasteiger partial charge in [-0.1, -0.05) is 12.1 Å². The maximum atomic E-state index is 12.7. The zero-order valence-electron chi connectivity index (χ0n) is 14.8. The molecule has 2 aromatic carbocycles. The number of carbonyl (C=O) groups is 1. The van der Waals surface area contributed by atoms with Gasteiger partial charge in [0.05, 0.1) is 12.4 Å². The number of rotatable bonds is 6. The van der Waals surface area contributed by atoms with Crippen LogP contribution < -0.4 is 19.7 Å². The van der Waals surface area contributed by atoms with E-state index in [1.54, 1.807) is 35.2 Å². The van der Waals surface area contributed by atoms with E-state index in [2.05, 4.69) is 10.0 Å². The fraction of sp³-hybridized carbons (Fsp3) is 0.278. The van der Waals surface area contributed by atoms with Crippen LogP contribution in [0.25, 0.3) is 0 Å². The predicted octanol–water partition coefficient (Wildman–Crippen LogP) is 3.48. The van der Waals surface area contributed by atoms with Crippen molar-refractivity contribution in [2.24, 2.45) is 0 Å². The van der Waals surface area contributed by atoms with Crippen LogP contribution in [0.5, 0.6) is 11.5 Å². The van der Waals surface area contributed by atoms with Crippen LogP contribution in [0.4, 0.5) is 10.1 Å². The number of hydrogen-bond acceptors (Lipinski definition) is 6.